The number of carbonyl (C=O) groups is 1. The molecule has 2 rings (SSSR count). The predicted octanol–water partition coefficient (Wildman–Crippen LogP) is 2.01. The number of aromatic nitrogens is 1. The fourth-order valence-corrected chi connectivity index (χ4v) is 2.30. The lowest BCUT2D eigenvalue weighted by atomic mass is 9.82. The molecule has 17 heavy (non-hydrogen) atoms. The lowest BCUT2D eigenvalue weighted by Crippen LogP contribution is -2.35. The summed E-state index contributed by atoms with van der Waals surface area (Å²) in [6.45, 7) is 1.76. The molecule has 1 aliphatic rings. The highest BCUT2D eigenvalue weighted by Crippen LogP contribution is 2.31. The van der Waals surface area contributed by atoms with Crippen molar-refractivity contribution in [2.24, 2.45) is 0 Å². The standard InChI is InChI=1S/C12H18N2O3/c1-9-7-10(14-17-9)13-11(15)8-12(16)5-3-2-4-6-12/h7,16H,2-6,8H2,1H3,(H,13,14,15). The summed E-state index contributed by atoms with van der Waals surface area (Å²) in [5.74, 6) is 0.853. The van der Waals surface area contributed by atoms with E-state index in [4.69, 9.17) is 4.52 Å². The van der Waals surface area contributed by atoms with Gasteiger partial charge in [0.15, 0.2) is 5.82 Å². The van der Waals surface area contributed by atoms with Crippen LogP contribution in [0, 0.1) is 6.92 Å². The molecule has 0 spiro atoms. The topological polar surface area (TPSA) is 75.4 Å². The van der Waals surface area contributed by atoms with Crippen LogP contribution in [0.25, 0.3) is 0 Å². The van der Waals surface area contributed by atoms with Gasteiger partial charge in [0.2, 0.25) is 5.91 Å². The summed E-state index contributed by atoms with van der Waals surface area (Å²) in [5, 5.41) is 16.5. The van der Waals surface area contributed by atoms with Gasteiger partial charge >= 0.3 is 0 Å². The van der Waals surface area contributed by atoms with E-state index in [1.54, 1.807) is 13.0 Å². The second kappa shape index (κ2) is 4.87. The zero-order valence-corrected chi connectivity index (χ0v) is 10.0. The molecule has 0 aromatic carbocycles. The highest BCUT2D eigenvalue weighted by Gasteiger charge is 2.31. The van der Waals surface area contributed by atoms with E-state index in [-0.39, 0.29) is 12.3 Å². The lowest BCUT2D eigenvalue weighted by Gasteiger charge is -2.31. The Kier molecular flexibility index (Phi) is 3.47. The molecule has 1 saturated carbocycles. The number of anilines is 1. The van der Waals surface area contributed by atoms with Crippen LogP contribution in [0.2, 0.25) is 0 Å². The minimum absolute atomic E-state index is 0.138. The van der Waals surface area contributed by atoms with Crippen LogP contribution in [-0.2, 0) is 4.79 Å². The first kappa shape index (κ1) is 12.1. The van der Waals surface area contributed by atoms with Crippen molar-refractivity contribution in [2.45, 2.75) is 51.0 Å². The first-order valence-electron chi connectivity index (χ1n) is 6.03. The molecule has 1 aliphatic carbocycles. The van der Waals surface area contributed by atoms with Crippen molar-refractivity contribution in [1.82, 2.24) is 5.16 Å². The van der Waals surface area contributed by atoms with Crippen LogP contribution in [0.1, 0.15) is 44.3 Å². The summed E-state index contributed by atoms with van der Waals surface area (Å²) in [4.78, 5) is 11.7. The monoisotopic (exact) mass is 238 g/mol. The highest BCUT2D eigenvalue weighted by atomic mass is 16.5. The SMILES string of the molecule is Cc1cc(NC(=O)CC2(O)CCCCC2)no1. The largest absolute Gasteiger partial charge is 0.389 e. The van der Waals surface area contributed by atoms with E-state index < -0.39 is 5.60 Å². The predicted molar refractivity (Wildman–Crippen MR) is 62.5 cm³/mol. The van der Waals surface area contributed by atoms with Gasteiger partial charge in [0.25, 0.3) is 0 Å². The first-order valence-corrected chi connectivity index (χ1v) is 6.03. The van der Waals surface area contributed by atoms with E-state index in [1.165, 1.54) is 0 Å². The molecule has 1 heterocycles. The normalized spacial score (nSPS) is 18.9. The molecular formula is C12H18N2O3. The van der Waals surface area contributed by atoms with Gasteiger partial charge in [-0.3, -0.25) is 4.79 Å². The second-order valence-corrected chi connectivity index (χ2v) is 4.83. The molecule has 1 amide bonds. The molecule has 5 heteroatoms. The summed E-state index contributed by atoms with van der Waals surface area (Å²) in [6.07, 6.45) is 4.68. The number of carbonyl (C=O) groups excluding carboxylic acids is 1. The van der Waals surface area contributed by atoms with Crippen molar-refractivity contribution in [3.8, 4) is 0 Å². The average Bonchev–Trinajstić information content (AvgIpc) is 2.63. The summed E-state index contributed by atoms with van der Waals surface area (Å²) in [5.41, 5.74) is -0.832. The van der Waals surface area contributed by atoms with Crippen LogP contribution in [0.15, 0.2) is 10.6 Å². The summed E-state index contributed by atoms with van der Waals surface area (Å²) >= 11 is 0. The zero-order valence-electron chi connectivity index (χ0n) is 10.0. The van der Waals surface area contributed by atoms with Crippen LogP contribution in [-0.4, -0.2) is 21.8 Å². The van der Waals surface area contributed by atoms with Gasteiger partial charge in [-0.1, -0.05) is 24.4 Å². The Labute approximate surface area is 100 Å². The maximum atomic E-state index is 11.7. The van der Waals surface area contributed by atoms with Gasteiger partial charge in [-0.25, -0.2) is 0 Å². The van der Waals surface area contributed by atoms with Crippen molar-refractivity contribution < 1.29 is 14.4 Å². The van der Waals surface area contributed by atoms with Crippen LogP contribution >= 0.6 is 0 Å². The third-order valence-corrected chi connectivity index (χ3v) is 3.17. The molecule has 1 aromatic heterocycles. The van der Waals surface area contributed by atoms with Crippen LogP contribution in [0.5, 0.6) is 0 Å². The Bertz CT molecular complexity index is 394. The Morgan fingerprint density at radius 1 is 1.53 bits per heavy atom. The second-order valence-electron chi connectivity index (χ2n) is 4.83. The molecule has 1 fully saturated rings. The van der Waals surface area contributed by atoms with Crippen molar-refractivity contribution in [1.29, 1.82) is 0 Å². The zero-order chi connectivity index (χ0) is 12.3. The van der Waals surface area contributed by atoms with Gasteiger partial charge in [-0.15, -0.1) is 0 Å². The molecule has 2 N–H and O–H groups in total. The quantitative estimate of drug-likeness (QED) is 0.844. The molecule has 0 unspecified atom stereocenters. The molecular weight excluding hydrogens is 220 g/mol. The number of hydrogen-bond donors (Lipinski definition) is 2. The van der Waals surface area contributed by atoms with Gasteiger partial charge in [0, 0.05) is 6.07 Å². The number of nitrogens with one attached hydrogen (secondary N) is 1. The first-order chi connectivity index (χ1) is 8.07. The summed E-state index contributed by atoms with van der Waals surface area (Å²) in [7, 11) is 0. The van der Waals surface area contributed by atoms with Gasteiger partial charge < -0.3 is 14.9 Å². The third kappa shape index (κ3) is 3.30. The fraction of sp³-hybridized carbons (Fsp3) is 0.667. The Morgan fingerprint density at radius 2 is 2.24 bits per heavy atom. The molecule has 5 nitrogen and oxygen atoms in total. The van der Waals surface area contributed by atoms with Gasteiger partial charge in [-0.05, 0) is 19.8 Å². The maximum Gasteiger partial charge on any atom is 0.228 e. The average molecular weight is 238 g/mol. The Balaban J connectivity index is 1.88. The molecule has 0 aliphatic heterocycles. The molecule has 0 radical (unpaired) electrons. The molecule has 0 saturated heterocycles. The molecule has 0 atom stereocenters. The smallest absolute Gasteiger partial charge is 0.228 e. The number of hydrogen-bond acceptors (Lipinski definition) is 4. The number of aliphatic hydroxyl groups is 1. The number of amides is 1. The number of aryl methyl sites for hydroxylation is 1. The summed E-state index contributed by atoms with van der Waals surface area (Å²) in [6, 6.07) is 1.66. The van der Waals surface area contributed by atoms with Crippen molar-refractivity contribution >= 4 is 11.7 Å². The van der Waals surface area contributed by atoms with Crippen molar-refractivity contribution in [3.05, 3.63) is 11.8 Å². The number of nitrogens with zero attached hydrogens (tertiary/aromatic N) is 1. The van der Waals surface area contributed by atoms with E-state index in [2.05, 4.69) is 10.5 Å². The lowest BCUT2D eigenvalue weighted by molar-refractivity contribution is -0.122. The molecule has 0 bridgehead atoms. The van der Waals surface area contributed by atoms with E-state index >= 15 is 0 Å². The summed E-state index contributed by atoms with van der Waals surface area (Å²) < 4.78 is 4.85. The Hall–Kier alpha value is -1.36. The van der Waals surface area contributed by atoms with Gasteiger partial charge in [-0.2, -0.15) is 0 Å². The highest BCUT2D eigenvalue weighted by molar-refractivity contribution is 5.90. The van der Waals surface area contributed by atoms with E-state index in [0.717, 1.165) is 19.3 Å². The third-order valence-electron chi connectivity index (χ3n) is 3.17. The van der Waals surface area contributed by atoms with E-state index in [1.807, 2.05) is 0 Å². The van der Waals surface area contributed by atoms with Crippen LogP contribution in [0.4, 0.5) is 5.82 Å². The van der Waals surface area contributed by atoms with Crippen LogP contribution < -0.4 is 5.32 Å². The van der Waals surface area contributed by atoms with Gasteiger partial charge in [0.1, 0.15) is 5.76 Å². The minimum Gasteiger partial charge on any atom is -0.389 e. The van der Waals surface area contributed by atoms with Crippen molar-refractivity contribution in [3.63, 3.8) is 0 Å². The van der Waals surface area contributed by atoms with Gasteiger partial charge in [0.05, 0.1) is 12.0 Å². The number of rotatable bonds is 3. The fourth-order valence-electron chi connectivity index (χ4n) is 2.30. The minimum atomic E-state index is -0.832. The van der Waals surface area contributed by atoms with E-state index in [9.17, 15) is 9.90 Å². The van der Waals surface area contributed by atoms with E-state index in [0.29, 0.717) is 24.4 Å². The van der Waals surface area contributed by atoms with Crippen LogP contribution in [0.3, 0.4) is 0 Å². The maximum absolute atomic E-state index is 11.7. The molecule has 1 aromatic rings. The van der Waals surface area contributed by atoms with Crippen molar-refractivity contribution in [2.75, 3.05) is 5.32 Å². The molecule has 94 valence electrons. The Morgan fingerprint density at radius 3 is 2.82 bits per heavy atom.